The number of halogens is 1. The van der Waals surface area contributed by atoms with Gasteiger partial charge in [0, 0.05) is 11.3 Å². The van der Waals surface area contributed by atoms with Crippen LogP contribution in [-0.2, 0) is 11.2 Å². The highest BCUT2D eigenvalue weighted by Crippen LogP contribution is 2.27. The lowest BCUT2D eigenvalue weighted by Gasteiger charge is -2.09. The molecule has 0 bridgehead atoms. The average Bonchev–Trinajstić information content (AvgIpc) is 3.11. The summed E-state index contributed by atoms with van der Waals surface area (Å²) in [6, 6.07) is 7.00. The third-order valence-electron chi connectivity index (χ3n) is 3.62. The van der Waals surface area contributed by atoms with Gasteiger partial charge in [-0.25, -0.2) is 9.50 Å². The van der Waals surface area contributed by atoms with Crippen molar-refractivity contribution in [2.75, 3.05) is 10.6 Å². The minimum absolute atomic E-state index is 0.105. The molecule has 114 valence electrons. The summed E-state index contributed by atoms with van der Waals surface area (Å²) in [7, 11) is 0. The largest absolute Gasteiger partial charge is 0.326 e. The molecule has 0 spiro atoms. The van der Waals surface area contributed by atoms with Crippen LogP contribution in [0.2, 0.25) is 0 Å². The van der Waals surface area contributed by atoms with Crippen LogP contribution in [0.4, 0.5) is 11.4 Å². The molecule has 8 heteroatoms. The highest BCUT2D eigenvalue weighted by molar-refractivity contribution is 9.10. The molecule has 23 heavy (non-hydrogen) atoms. The average molecular weight is 372 g/mol. The van der Waals surface area contributed by atoms with Gasteiger partial charge >= 0.3 is 0 Å². The number of aromatic nitrogens is 3. The zero-order chi connectivity index (χ0) is 16.0. The summed E-state index contributed by atoms with van der Waals surface area (Å²) in [6.07, 6.45) is 3.33. The molecule has 3 heterocycles. The zero-order valence-electron chi connectivity index (χ0n) is 11.7. The van der Waals surface area contributed by atoms with E-state index in [1.807, 2.05) is 0 Å². The van der Waals surface area contributed by atoms with E-state index in [4.69, 9.17) is 0 Å². The molecule has 0 atom stereocenters. The smallest absolute Gasteiger partial charge is 0.256 e. The number of benzene rings is 1. The number of fused-ring (bicyclic) bond motifs is 2. The van der Waals surface area contributed by atoms with Gasteiger partial charge in [0.1, 0.15) is 6.33 Å². The van der Waals surface area contributed by atoms with Crippen LogP contribution in [-0.4, -0.2) is 26.4 Å². The number of amides is 2. The van der Waals surface area contributed by atoms with Crippen molar-refractivity contribution in [1.82, 2.24) is 14.6 Å². The van der Waals surface area contributed by atoms with Gasteiger partial charge in [-0.05, 0) is 39.7 Å². The topological polar surface area (TPSA) is 88.4 Å². The van der Waals surface area contributed by atoms with Crippen molar-refractivity contribution >= 4 is 44.8 Å². The minimum atomic E-state index is -0.273. The van der Waals surface area contributed by atoms with Gasteiger partial charge in [0.2, 0.25) is 5.91 Å². The number of rotatable bonds is 2. The summed E-state index contributed by atoms with van der Waals surface area (Å²) in [5.74, 6) is -0.378. The summed E-state index contributed by atoms with van der Waals surface area (Å²) >= 11 is 3.40. The molecule has 7 nitrogen and oxygen atoms in total. The van der Waals surface area contributed by atoms with E-state index in [2.05, 4.69) is 36.6 Å². The predicted octanol–water partition coefficient (Wildman–Crippen LogP) is 2.24. The third kappa shape index (κ3) is 2.36. The molecule has 1 aromatic carbocycles. The normalized spacial score (nSPS) is 13.0. The second-order valence-corrected chi connectivity index (χ2v) is 5.97. The van der Waals surface area contributed by atoms with Gasteiger partial charge in [-0.3, -0.25) is 9.59 Å². The molecular formula is C15H10BrN5O2. The van der Waals surface area contributed by atoms with Crippen LogP contribution in [0.3, 0.4) is 0 Å². The Kier molecular flexibility index (Phi) is 3.12. The van der Waals surface area contributed by atoms with Crippen molar-refractivity contribution in [3.05, 3.63) is 52.4 Å². The molecule has 0 saturated carbocycles. The summed E-state index contributed by atoms with van der Waals surface area (Å²) in [6.45, 7) is 0. The quantitative estimate of drug-likeness (QED) is 0.722. The number of carbonyl (C=O) groups excluding carboxylic acids is 2. The number of anilines is 2. The molecule has 2 amide bonds. The second-order valence-electron chi connectivity index (χ2n) is 5.12. The van der Waals surface area contributed by atoms with Crippen molar-refractivity contribution in [2.45, 2.75) is 6.42 Å². The number of nitrogens with zero attached hydrogens (tertiary/aromatic N) is 3. The van der Waals surface area contributed by atoms with E-state index < -0.39 is 0 Å². The van der Waals surface area contributed by atoms with Gasteiger partial charge in [0.15, 0.2) is 5.65 Å². The summed E-state index contributed by atoms with van der Waals surface area (Å²) in [5.41, 5.74) is 3.13. The van der Waals surface area contributed by atoms with Crippen LogP contribution in [0.1, 0.15) is 15.9 Å². The standard InChI is InChI=1S/C15H10BrN5O2/c16-11-4-8(6-21-14(11)17-7-18-21)19-15(23)9-2-1-3-12-10(9)5-13(22)20-12/h1-4,6-7H,5H2,(H,19,23)(H,20,22). The van der Waals surface area contributed by atoms with E-state index in [1.165, 1.54) is 6.33 Å². The first-order valence-corrected chi connectivity index (χ1v) is 7.63. The van der Waals surface area contributed by atoms with Crippen LogP contribution >= 0.6 is 15.9 Å². The van der Waals surface area contributed by atoms with Gasteiger partial charge in [-0.15, -0.1) is 0 Å². The molecule has 1 aliphatic rings. The van der Waals surface area contributed by atoms with E-state index in [9.17, 15) is 9.59 Å². The van der Waals surface area contributed by atoms with Crippen LogP contribution in [0.5, 0.6) is 0 Å². The van der Waals surface area contributed by atoms with Gasteiger partial charge in [0.05, 0.1) is 22.8 Å². The van der Waals surface area contributed by atoms with Crippen LogP contribution in [0, 0.1) is 0 Å². The summed E-state index contributed by atoms with van der Waals surface area (Å²) < 4.78 is 2.29. The molecule has 0 saturated heterocycles. The van der Waals surface area contributed by atoms with Gasteiger partial charge in [-0.1, -0.05) is 6.07 Å². The molecule has 1 aliphatic heterocycles. The zero-order valence-corrected chi connectivity index (χ0v) is 13.3. The van der Waals surface area contributed by atoms with E-state index >= 15 is 0 Å². The minimum Gasteiger partial charge on any atom is -0.326 e. The lowest BCUT2D eigenvalue weighted by atomic mass is 10.0. The Labute approximate surface area is 138 Å². The first-order valence-electron chi connectivity index (χ1n) is 6.84. The van der Waals surface area contributed by atoms with E-state index in [1.54, 1.807) is 35.0 Å². The predicted molar refractivity (Wildman–Crippen MR) is 87.4 cm³/mol. The first kappa shape index (κ1) is 13.9. The van der Waals surface area contributed by atoms with Crippen molar-refractivity contribution in [3.8, 4) is 0 Å². The van der Waals surface area contributed by atoms with E-state index in [0.29, 0.717) is 22.6 Å². The molecule has 4 rings (SSSR count). The second kappa shape index (κ2) is 5.17. The number of hydrogen-bond donors (Lipinski definition) is 2. The fraction of sp³-hybridized carbons (Fsp3) is 0.0667. The Balaban J connectivity index is 1.68. The maximum Gasteiger partial charge on any atom is 0.256 e. The van der Waals surface area contributed by atoms with Crippen molar-refractivity contribution in [1.29, 1.82) is 0 Å². The van der Waals surface area contributed by atoms with Crippen molar-refractivity contribution in [2.24, 2.45) is 0 Å². The number of hydrogen-bond acceptors (Lipinski definition) is 4. The third-order valence-corrected chi connectivity index (χ3v) is 4.20. The van der Waals surface area contributed by atoms with Crippen LogP contribution in [0.15, 0.2) is 41.3 Å². The highest BCUT2D eigenvalue weighted by atomic mass is 79.9. The number of nitrogens with one attached hydrogen (secondary N) is 2. The van der Waals surface area contributed by atoms with E-state index in [-0.39, 0.29) is 18.2 Å². The lowest BCUT2D eigenvalue weighted by Crippen LogP contribution is -2.14. The fourth-order valence-electron chi connectivity index (χ4n) is 2.61. The molecule has 0 aliphatic carbocycles. The molecular weight excluding hydrogens is 362 g/mol. The van der Waals surface area contributed by atoms with Crippen LogP contribution < -0.4 is 10.6 Å². The lowest BCUT2D eigenvalue weighted by molar-refractivity contribution is -0.115. The number of carbonyl (C=O) groups is 2. The molecule has 0 fully saturated rings. The molecule has 2 aromatic heterocycles. The van der Waals surface area contributed by atoms with Crippen LogP contribution in [0.25, 0.3) is 5.65 Å². The number of pyridine rings is 1. The van der Waals surface area contributed by atoms with Crippen molar-refractivity contribution in [3.63, 3.8) is 0 Å². The fourth-order valence-corrected chi connectivity index (χ4v) is 3.15. The van der Waals surface area contributed by atoms with Gasteiger partial charge in [-0.2, -0.15) is 5.10 Å². The van der Waals surface area contributed by atoms with Gasteiger partial charge < -0.3 is 10.6 Å². The molecule has 0 unspecified atom stereocenters. The Hall–Kier alpha value is -2.74. The Bertz CT molecular complexity index is 966. The van der Waals surface area contributed by atoms with Gasteiger partial charge in [0.25, 0.3) is 5.91 Å². The molecule has 2 N–H and O–H groups in total. The monoisotopic (exact) mass is 371 g/mol. The molecule has 0 radical (unpaired) electrons. The highest BCUT2D eigenvalue weighted by Gasteiger charge is 2.23. The summed E-state index contributed by atoms with van der Waals surface area (Å²) in [5, 5.41) is 9.62. The first-order chi connectivity index (χ1) is 11.1. The Morgan fingerprint density at radius 2 is 2.26 bits per heavy atom. The Morgan fingerprint density at radius 3 is 3.13 bits per heavy atom. The Morgan fingerprint density at radius 1 is 1.39 bits per heavy atom. The SMILES string of the molecule is O=C1Cc2c(cccc2C(=O)Nc2cc(Br)c3ncnn3c2)N1. The van der Waals surface area contributed by atoms with E-state index in [0.717, 1.165) is 10.0 Å². The molecule has 3 aromatic rings. The summed E-state index contributed by atoms with van der Waals surface area (Å²) in [4.78, 5) is 28.2. The van der Waals surface area contributed by atoms with Crippen molar-refractivity contribution < 1.29 is 9.59 Å². The maximum atomic E-state index is 12.6. The maximum absolute atomic E-state index is 12.6.